The zero-order valence-corrected chi connectivity index (χ0v) is 13.3. The highest BCUT2D eigenvalue weighted by Crippen LogP contribution is 2.24. The molecule has 6 heteroatoms. The van der Waals surface area contributed by atoms with Crippen molar-refractivity contribution in [3.05, 3.63) is 41.7 Å². The zero-order chi connectivity index (χ0) is 15.4. The van der Waals surface area contributed by atoms with E-state index in [0.29, 0.717) is 16.7 Å². The number of hydrogen-bond acceptors (Lipinski definition) is 5. The quantitative estimate of drug-likeness (QED) is 0.866. The first-order valence-electron chi connectivity index (χ1n) is 7.47. The molecule has 0 atom stereocenters. The van der Waals surface area contributed by atoms with Crippen LogP contribution in [-0.2, 0) is 0 Å². The number of halogens is 1. The van der Waals surface area contributed by atoms with Crippen LogP contribution in [0.2, 0.25) is 5.02 Å². The van der Waals surface area contributed by atoms with Gasteiger partial charge in [0.05, 0.1) is 0 Å². The lowest BCUT2D eigenvalue weighted by molar-refractivity contribution is 0.270. The van der Waals surface area contributed by atoms with Gasteiger partial charge in [0.15, 0.2) is 0 Å². The van der Waals surface area contributed by atoms with E-state index in [9.17, 15) is 0 Å². The van der Waals surface area contributed by atoms with Gasteiger partial charge in [0.25, 0.3) is 0 Å². The monoisotopic (exact) mass is 318 g/mol. The summed E-state index contributed by atoms with van der Waals surface area (Å²) in [7, 11) is 0. The van der Waals surface area contributed by atoms with Gasteiger partial charge in [-0.05, 0) is 24.7 Å². The van der Waals surface area contributed by atoms with Crippen molar-refractivity contribution >= 4 is 17.4 Å². The van der Waals surface area contributed by atoms with E-state index in [1.807, 2.05) is 24.3 Å². The summed E-state index contributed by atoms with van der Waals surface area (Å²) in [4.78, 5) is 13.2. The summed E-state index contributed by atoms with van der Waals surface area (Å²) in [5.41, 5.74) is 0. The standard InChI is InChI=1S/C16H19ClN4O/c1-2-20-6-8-21(9-7-20)15-11-16(19-12-18-15)22-14-5-3-4-13(17)10-14/h3-5,10-12H,2,6-9H2,1H3. The minimum Gasteiger partial charge on any atom is -0.439 e. The maximum Gasteiger partial charge on any atom is 0.224 e. The fourth-order valence-corrected chi connectivity index (χ4v) is 2.68. The molecule has 1 aromatic heterocycles. The molecule has 116 valence electrons. The molecule has 3 rings (SSSR count). The van der Waals surface area contributed by atoms with Crippen molar-refractivity contribution < 1.29 is 4.74 Å². The summed E-state index contributed by atoms with van der Waals surface area (Å²) in [6.07, 6.45) is 1.54. The Kier molecular flexibility index (Phi) is 4.75. The number of nitrogens with zero attached hydrogens (tertiary/aromatic N) is 4. The van der Waals surface area contributed by atoms with Crippen LogP contribution >= 0.6 is 11.6 Å². The van der Waals surface area contributed by atoms with Gasteiger partial charge >= 0.3 is 0 Å². The molecule has 5 nitrogen and oxygen atoms in total. The number of ether oxygens (including phenoxy) is 1. The van der Waals surface area contributed by atoms with Crippen LogP contribution in [0, 0.1) is 0 Å². The summed E-state index contributed by atoms with van der Waals surface area (Å²) in [6.45, 7) is 7.36. The summed E-state index contributed by atoms with van der Waals surface area (Å²) in [5, 5.41) is 0.641. The molecule has 2 aromatic rings. The molecule has 22 heavy (non-hydrogen) atoms. The Morgan fingerprint density at radius 2 is 1.95 bits per heavy atom. The van der Waals surface area contributed by atoms with Gasteiger partial charge in [0, 0.05) is 37.3 Å². The minimum atomic E-state index is 0.533. The molecule has 0 radical (unpaired) electrons. The number of likely N-dealkylation sites (N-methyl/N-ethyl adjacent to an activating group) is 1. The Hall–Kier alpha value is -1.85. The largest absolute Gasteiger partial charge is 0.439 e. The van der Waals surface area contributed by atoms with Crippen molar-refractivity contribution in [3.63, 3.8) is 0 Å². The van der Waals surface area contributed by atoms with E-state index in [-0.39, 0.29) is 0 Å². The van der Waals surface area contributed by atoms with E-state index in [0.717, 1.165) is 38.5 Å². The number of hydrogen-bond donors (Lipinski definition) is 0. The molecule has 1 aliphatic rings. The lowest BCUT2D eigenvalue weighted by Crippen LogP contribution is -2.46. The number of rotatable bonds is 4. The second kappa shape index (κ2) is 6.94. The number of anilines is 1. The average molecular weight is 319 g/mol. The topological polar surface area (TPSA) is 41.5 Å². The first-order valence-corrected chi connectivity index (χ1v) is 7.85. The molecule has 0 saturated carbocycles. The van der Waals surface area contributed by atoms with E-state index in [1.165, 1.54) is 0 Å². The molecule has 0 bridgehead atoms. The van der Waals surface area contributed by atoms with Crippen LogP contribution in [0.5, 0.6) is 11.6 Å². The van der Waals surface area contributed by atoms with Gasteiger partial charge in [-0.25, -0.2) is 9.97 Å². The molecule has 0 N–H and O–H groups in total. The summed E-state index contributed by atoms with van der Waals surface area (Å²) in [6, 6.07) is 9.16. The fourth-order valence-electron chi connectivity index (χ4n) is 2.50. The Morgan fingerprint density at radius 3 is 2.68 bits per heavy atom. The molecular weight excluding hydrogens is 300 g/mol. The highest BCUT2D eigenvalue weighted by Gasteiger charge is 2.17. The summed E-state index contributed by atoms with van der Waals surface area (Å²) in [5.74, 6) is 2.11. The van der Waals surface area contributed by atoms with E-state index in [1.54, 1.807) is 12.4 Å². The maximum absolute atomic E-state index is 5.97. The van der Waals surface area contributed by atoms with Crippen LogP contribution in [0.1, 0.15) is 6.92 Å². The summed E-state index contributed by atoms with van der Waals surface area (Å²) >= 11 is 5.97. The highest BCUT2D eigenvalue weighted by atomic mass is 35.5. The van der Waals surface area contributed by atoms with Gasteiger partial charge < -0.3 is 14.5 Å². The lowest BCUT2D eigenvalue weighted by atomic mass is 10.3. The van der Waals surface area contributed by atoms with Crippen LogP contribution in [-0.4, -0.2) is 47.6 Å². The number of piperazine rings is 1. The SMILES string of the molecule is CCN1CCN(c2cc(Oc3cccc(Cl)c3)ncn2)CC1. The van der Waals surface area contributed by atoms with Crippen molar-refractivity contribution in [1.82, 2.24) is 14.9 Å². The molecule has 1 saturated heterocycles. The van der Waals surface area contributed by atoms with Crippen LogP contribution in [0.25, 0.3) is 0 Å². The second-order valence-corrected chi connectivity index (χ2v) is 5.63. The second-order valence-electron chi connectivity index (χ2n) is 5.20. The Bertz CT molecular complexity index is 629. The van der Waals surface area contributed by atoms with E-state index < -0.39 is 0 Å². The van der Waals surface area contributed by atoms with E-state index in [2.05, 4.69) is 26.7 Å². The van der Waals surface area contributed by atoms with Crippen LogP contribution < -0.4 is 9.64 Å². The minimum absolute atomic E-state index is 0.533. The third-order valence-electron chi connectivity index (χ3n) is 3.79. The van der Waals surface area contributed by atoms with Gasteiger partial charge in [0.1, 0.15) is 17.9 Å². The van der Waals surface area contributed by atoms with Gasteiger partial charge in [-0.3, -0.25) is 0 Å². The fraction of sp³-hybridized carbons (Fsp3) is 0.375. The van der Waals surface area contributed by atoms with Crippen LogP contribution in [0.15, 0.2) is 36.7 Å². The lowest BCUT2D eigenvalue weighted by Gasteiger charge is -2.34. The first-order chi connectivity index (χ1) is 10.7. The molecule has 1 fully saturated rings. The third kappa shape index (κ3) is 3.67. The zero-order valence-electron chi connectivity index (χ0n) is 12.6. The van der Waals surface area contributed by atoms with Crippen molar-refractivity contribution in [2.45, 2.75) is 6.92 Å². The van der Waals surface area contributed by atoms with Crippen molar-refractivity contribution in [1.29, 1.82) is 0 Å². The Labute approximate surface area is 135 Å². The van der Waals surface area contributed by atoms with Gasteiger partial charge in [-0.1, -0.05) is 24.6 Å². The van der Waals surface area contributed by atoms with Gasteiger partial charge in [0.2, 0.25) is 5.88 Å². The Balaban J connectivity index is 1.70. The van der Waals surface area contributed by atoms with Crippen LogP contribution in [0.3, 0.4) is 0 Å². The maximum atomic E-state index is 5.97. The number of aromatic nitrogens is 2. The van der Waals surface area contributed by atoms with Crippen molar-refractivity contribution in [2.75, 3.05) is 37.6 Å². The first kappa shape index (κ1) is 15.1. The predicted molar refractivity (Wildman–Crippen MR) is 87.9 cm³/mol. The van der Waals surface area contributed by atoms with E-state index >= 15 is 0 Å². The average Bonchev–Trinajstić information content (AvgIpc) is 2.55. The van der Waals surface area contributed by atoms with E-state index in [4.69, 9.17) is 16.3 Å². The molecule has 0 aliphatic carbocycles. The highest BCUT2D eigenvalue weighted by molar-refractivity contribution is 6.30. The van der Waals surface area contributed by atoms with Crippen molar-refractivity contribution in [2.24, 2.45) is 0 Å². The van der Waals surface area contributed by atoms with Gasteiger partial charge in [-0.2, -0.15) is 0 Å². The van der Waals surface area contributed by atoms with Crippen LogP contribution in [0.4, 0.5) is 5.82 Å². The van der Waals surface area contributed by atoms with Crippen molar-refractivity contribution in [3.8, 4) is 11.6 Å². The molecule has 1 aliphatic heterocycles. The molecule has 2 heterocycles. The molecule has 0 unspecified atom stereocenters. The molecule has 0 amide bonds. The smallest absolute Gasteiger partial charge is 0.224 e. The molecule has 0 spiro atoms. The third-order valence-corrected chi connectivity index (χ3v) is 4.02. The predicted octanol–water partition coefficient (Wildman–Crippen LogP) is 3.06. The summed E-state index contributed by atoms with van der Waals surface area (Å²) < 4.78 is 5.76. The molecular formula is C16H19ClN4O. The van der Waals surface area contributed by atoms with Gasteiger partial charge in [-0.15, -0.1) is 0 Å². The number of benzene rings is 1. The Morgan fingerprint density at radius 1 is 1.14 bits per heavy atom. The normalized spacial score (nSPS) is 15.8. The molecule has 1 aromatic carbocycles.